The lowest BCUT2D eigenvalue weighted by Gasteiger charge is -2.11. The van der Waals surface area contributed by atoms with Gasteiger partial charge < -0.3 is 14.0 Å². The van der Waals surface area contributed by atoms with Crippen LogP contribution in [0.25, 0.3) is 5.69 Å². The van der Waals surface area contributed by atoms with Crippen LogP contribution in [-0.4, -0.2) is 29.8 Å². The topological polar surface area (TPSA) is 81.9 Å². The largest absolute Gasteiger partial charge is 0.493 e. The van der Waals surface area contributed by atoms with E-state index in [2.05, 4.69) is 26.5 Å². The van der Waals surface area contributed by atoms with Gasteiger partial charge >= 0.3 is 5.97 Å². The molecule has 0 saturated carbocycles. The number of nitrogens with one attached hydrogen (secondary N) is 1. The maximum Gasteiger partial charge on any atom is 0.308 e. The molecule has 0 aliphatic carbocycles. The highest BCUT2D eigenvalue weighted by atomic mass is 79.9. The summed E-state index contributed by atoms with van der Waals surface area (Å²) in [4.78, 5) is 23.8. The Morgan fingerprint density at radius 3 is 2.55 bits per heavy atom. The molecule has 0 aliphatic rings. The smallest absolute Gasteiger partial charge is 0.308 e. The fraction of sp³-hybridized carbons (Fsp3) is 0.0952. The maximum absolute atomic E-state index is 12.6. The van der Waals surface area contributed by atoms with Gasteiger partial charge in [0.25, 0.3) is 5.91 Å². The minimum Gasteiger partial charge on any atom is -0.493 e. The molecule has 2 aromatic carbocycles. The van der Waals surface area contributed by atoms with E-state index in [4.69, 9.17) is 9.47 Å². The first kappa shape index (κ1) is 20.3. The zero-order valence-corrected chi connectivity index (χ0v) is 17.3. The zero-order chi connectivity index (χ0) is 20.8. The second kappa shape index (κ2) is 9.20. The van der Waals surface area contributed by atoms with Crippen molar-refractivity contribution in [3.63, 3.8) is 0 Å². The number of esters is 1. The van der Waals surface area contributed by atoms with Crippen LogP contribution in [0.15, 0.2) is 70.5 Å². The van der Waals surface area contributed by atoms with Crippen LogP contribution in [0.1, 0.15) is 22.8 Å². The molecular formula is C21H18BrN3O4. The van der Waals surface area contributed by atoms with Crippen molar-refractivity contribution in [1.29, 1.82) is 0 Å². The highest BCUT2D eigenvalue weighted by molar-refractivity contribution is 9.10. The number of ether oxygens (including phenoxy) is 2. The summed E-state index contributed by atoms with van der Waals surface area (Å²) in [6.07, 6.45) is 5.20. The van der Waals surface area contributed by atoms with Gasteiger partial charge in [0, 0.05) is 19.3 Å². The molecule has 0 radical (unpaired) electrons. The zero-order valence-electron chi connectivity index (χ0n) is 15.8. The van der Waals surface area contributed by atoms with Crippen molar-refractivity contribution in [3.8, 4) is 17.2 Å². The average molecular weight is 456 g/mol. The Labute approximate surface area is 176 Å². The SMILES string of the molecule is COc1cc(/C=N\NC(=O)c2ccccc2-n2cccc2)cc(Br)c1OC(C)=O. The van der Waals surface area contributed by atoms with Gasteiger partial charge in [0.15, 0.2) is 11.5 Å². The van der Waals surface area contributed by atoms with Crippen LogP contribution in [0.3, 0.4) is 0 Å². The predicted octanol–water partition coefficient (Wildman–Crippen LogP) is 3.94. The van der Waals surface area contributed by atoms with Crippen LogP contribution in [0, 0.1) is 0 Å². The first-order valence-corrected chi connectivity index (χ1v) is 9.40. The Morgan fingerprint density at radius 2 is 1.86 bits per heavy atom. The number of carbonyl (C=O) groups excluding carboxylic acids is 2. The number of carbonyl (C=O) groups is 2. The predicted molar refractivity (Wildman–Crippen MR) is 113 cm³/mol. The first-order chi connectivity index (χ1) is 14.0. The molecule has 7 nitrogen and oxygen atoms in total. The van der Waals surface area contributed by atoms with Gasteiger partial charge in [-0.25, -0.2) is 5.43 Å². The summed E-state index contributed by atoms with van der Waals surface area (Å²) in [6.45, 7) is 1.31. The fourth-order valence-electron chi connectivity index (χ4n) is 2.67. The number of hydrogen-bond donors (Lipinski definition) is 1. The van der Waals surface area contributed by atoms with Gasteiger partial charge in [-0.2, -0.15) is 5.10 Å². The van der Waals surface area contributed by atoms with E-state index < -0.39 is 5.97 Å². The van der Waals surface area contributed by atoms with Crippen molar-refractivity contribution in [2.45, 2.75) is 6.92 Å². The molecule has 0 fully saturated rings. The minimum atomic E-state index is -0.459. The molecular weight excluding hydrogens is 438 g/mol. The summed E-state index contributed by atoms with van der Waals surface area (Å²) in [5.74, 6) is -0.158. The average Bonchev–Trinajstić information content (AvgIpc) is 3.24. The Balaban J connectivity index is 1.78. The summed E-state index contributed by atoms with van der Waals surface area (Å²) in [7, 11) is 1.47. The lowest BCUT2D eigenvalue weighted by Crippen LogP contribution is -2.19. The van der Waals surface area contributed by atoms with Gasteiger partial charge in [0.2, 0.25) is 0 Å². The number of rotatable bonds is 6. The van der Waals surface area contributed by atoms with Gasteiger partial charge in [-0.15, -0.1) is 0 Å². The van der Waals surface area contributed by atoms with Crippen LogP contribution < -0.4 is 14.9 Å². The molecule has 29 heavy (non-hydrogen) atoms. The molecule has 1 heterocycles. The molecule has 0 spiro atoms. The Hall–Kier alpha value is -3.39. The number of halogens is 1. The summed E-state index contributed by atoms with van der Waals surface area (Å²) in [5, 5.41) is 4.03. The second-order valence-electron chi connectivity index (χ2n) is 5.93. The third kappa shape index (κ3) is 4.91. The number of aromatic nitrogens is 1. The summed E-state index contributed by atoms with van der Waals surface area (Å²) < 4.78 is 12.8. The fourth-order valence-corrected chi connectivity index (χ4v) is 3.21. The quantitative estimate of drug-likeness (QED) is 0.264. The summed E-state index contributed by atoms with van der Waals surface area (Å²) >= 11 is 3.35. The maximum atomic E-state index is 12.6. The monoisotopic (exact) mass is 455 g/mol. The lowest BCUT2D eigenvalue weighted by molar-refractivity contribution is -0.132. The van der Waals surface area contributed by atoms with E-state index in [9.17, 15) is 9.59 Å². The molecule has 1 aromatic heterocycles. The second-order valence-corrected chi connectivity index (χ2v) is 6.79. The highest BCUT2D eigenvalue weighted by Crippen LogP contribution is 2.36. The molecule has 8 heteroatoms. The molecule has 1 amide bonds. The molecule has 0 atom stereocenters. The van der Waals surface area contributed by atoms with Crippen LogP contribution in [-0.2, 0) is 4.79 Å². The van der Waals surface area contributed by atoms with Crippen LogP contribution in [0.5, 0.6) is 11.5 Å². The normalized spacial score (nSPS) is 10.7. The molecule has 148 valence electrons. The van der Waals surface area contributed by atoms with Crippen LogP contribution in [0.4, 0.5) is 0 Å². The van der Waals surface area contributed by atoms with E-state index in [0.29, 0.717) is 21.3 Å². The van der Waals surface area contributed by atoms with Crippen molar-refractivity contribution < 1.29 is 19.1 Å². The number of hydrogen-bond acceptors (Lipinski definition) is 5. The number of hydrazone groups is 1. The third-order valence-corrected chi connectivity index (χ3v) is 4.50. The molecule has 3 rings (SSSR count). The molecule has 0 saturated heterocycles. The Morgan fingerprint density at radius 1 is 1.14 bits per heavy atom. The Bertz CT molecular complexity index is 1060. The first-order valence-electron chi connectivity index (χ1n) is 8.61. The third-order valence-electron chi connectivity index (χ3n) is 3.91. The molecule has 1 N–H and O–H groups in total. The van der Waals surface area contributed by atoms with E-state index in [-0.39, 0.29) is 11.7 Å². The molecule has 0 aliphatic heterocycles. The van der Waals surface area contributed by atoms with E-state index >= 15 is 0 Å². The molecule has 0 bridgehead atoms. The number of nitrogens with zero attached hydrogens (tertiary/aromatic N) is 2. The summed E-state index contributed by atoms with van der Waals surface area (Å²) in [5.41, 5.74) is 4.41. The minimum absolute atomic E-state index is 0.279. The molecule has 0 unspecified atom stereocenters. The van der Waals surface area contributed by atoms with Crippen LogP contribution in [0.2, 0.25) is 0 Å². The van der Waals surface area contributed by atoms with Crippen molar-refractivity contribution in [2.75, 3.05) is 7.11 Å². The van der Waals surface area contributed by atoms with Gasteiger partial charge in [0.05, 0.1) is 29.0 Å². The summed E-state index contributed by atoms with van der Waals surface area (Å²) in [6, 6.07) is 14.4. The van der Waals surface area contributed by atoms with Crippen molar-refractivity contribution in [1.82, 2.24) is 9.99 Å². The van der Waals surface area contributed by atoms with E-state index in [1.165, 1.54) is 20.2 Å². The highest BCUT2D eigenvalue weighted by Gasteiger charge is 2.14. The van der Waals surface area contributed by atoms with Crippen molar-refractivity contribution >= 4 is 34.0 Å². The van der Waals surface area contributed by atoms with E-state index in [1.807, 2.05) is 41.2 Å². The standard InChI is InChI=1S/C21H18BrN3O4/c1-14(26)29-20-17(22)11-15(12-19(20)28-2)13-23-24-21(27)16-7-3-4-8-18(16)25-9-5-6-10-25/h3-13H,1-2H3,(H,24,27)/b23-13-. The number of benzene rings is 2. The number of para-hydroxylation sites is 1. The van der Waals surface area contributed by atoms with E-state index in [0.717, 1.165) is 5.69 Å². The van der Waals surface area contributed by atoms with E-state index in [1.54, 1.807) is 24.3 Å². The van der Waals surface area contributed by atoms with Gasteiger partial charge in [0.1, 0.15) is 0 Å². The van der Waals surface area contributed by atoms with Crippen molar-refractivity contribution in [2.24, 2.45) is 5.10 Å². The lowest BCUT2D eigenvalue weighted by atomic mass is 10.1. The van der Waals surface area contributed by atoms with Gasteiger partial charge in [-0.3, -0.25) is 9.59 Å². The Kier molecular flexibility index (Phi) is 6.46. The number of methoxy groups -OCH3 is 1. The van der Waals surface area contributed by atoms with Crippen LogP contribution >= 0.6 is 15.9 Å². The molecule has 3 aromatic rings. The van der Waals surface area contributed by atoms with Gasteiger partial charge in [-0.1, -0.05) is 12.1 Å². The van der Waals surface area contributed by atoms with Gasteiger partial charge in [-0.05, 0) is 57.9 Å². The number of amides is 1. The van der Waals surface area contributed by atoms with Crippen molar-refractivity contribution in [3.05, 3.63) is 76.5 Å².